The fraction of sp³-hybridized carbons (Fsp3) is 0.111. The van der Waals surface area contributed by atoms with Crippen molar-refractivity contribution in [1.29, 1.82) is 0 Å². The molecule has 3 nitrogen and oxygen atoms in total. The summed E-state index contributed by atoms with van der Waals surface area (Å²) in [6.45, 7) is 2.32. The lowest BCUT2D eigenvalue weighted by Gasteiger charge is -2.20. The van der Waals surface area contributed by atoms with E-state index in [1.165, 1.54) is 66.5 Å². The maximum Gasteiger partial charge on any atom is 0.156 e. The highest BCUT2D eigenvalue weighted by atomic mass is 15.0. The Morgan fingerprint density at radius 1 is 0.474 bits per heavy atom. The molecule has 2 aromatic heterocycles. The number of aromatic nitrogens is 3. The van der Waals surface area contributed by atoms with E-state index in [0.29, 0.717) is 5.92 Å². The quantitative estimate of drug-likeness (QED) is 0.163. The summed E-state index contributed by atoms with van der Waals surface area (Å²) < 4.78 is 2.47. The fourth-order valence-electron chi connectivity index (χ4n) is 8.72. The lowest BCUT2D eigenvalue weighted by Crippen LogP contribution is -2.02. The normalized spacial score (nSPS) is 15.8. The van der Waals surface area contributed by atoms with Gasteiger partial charge in [0.25, 0.3) is 0 Å². The zero-order chi connectivity index (χ0) is 38.1. The first kappa shape index (κ1) is 34.6. The van der Waals surface area contributed by atoms with E-state index in [1.54, 1.807) is 0 Å². The molecule has 2 heterocycles. The Bertz CT molecular complexity index is 2780. The highest BCUT2D eigenvalue weighted by Gasteiger charge is 2.20. The SMILES string of the molecule is C[C@H]1C=C(c2nc(-c3ccccc3)cc(-c3ccccc3)n2)CC=C(c2cc(C3=CC=C(n4c5ccccc5c5ccccc54)CC3)cc(-c3ccccc3)c2)C1. The molecule has 0 unspecified atom stereocenters. The van der Waals surface area contributed by atoms with Gasteiger partial charge in [-0.25, -0.2) is 9.97 Å². The predicted molar refractivity (Wildman–Crippen MR) is 240 cm³/mol. The van der Waals surface area contributed by atoms with Crippen LogP contribution >= 0.6 is 0 Å². The maximum atomic E-state index is 5.19. The second-order valence-corrected chi connectivity index (χ2v) is 15.4. The minimum Gasteiger partial charge on any atom is -0.313 e. The van der Waals surface area contributed by atoms with Crippen LogP contribution in [0.1, 0.15) is 49.6 Å². The highest BCUT2D eigenvalue weighted by molar-refractivity contribution is 6.10. The average molecular weight is 734 g/mol. The first-order chi connectivity index (χ1) is 28.1. The average Bonchev–Trinajstić information content (AvgIpc) is 3.48. The number of rotatable bonds is 7. The van der Waals surface area contributed by atoms with Crippen molar-refractivity contribution < 1.29 is 0 Å². The van der Waals surface area contributed by atoms with Crippen molar-refractivity contribution in [2.45, 2.75) is 32.6 Å². The molecular formula is C54H43N3. The van der Waals surface area contributed by atoms with Crippen LogP contribution in [0.15, 0.2) is 188 Å². The molecule has 2 aliphatic carbocycles. The Morgan fingerprint density at radius 3 is 1.58 bits per heavy atom. The first-order valence-electron chi connectivity index (χ1n) is 20.1. The molecule has 0 saturated carbocycles. The highest BCUT2D eigenvalue weighted by Crippen LogP contribution is 2.40. The molecular weight excluding hydrogens is 691 g/mol. The number of fused-ring (bicyclic) bond motifs is 3. The van der Waals surface area contributed by atoms with Gasteiger partial charge in [-0.05, 0) is 113 Å². The molecule has 0 aliphatic heterocycles. The van der Waals surface area contributed by atoms with E-state index in [-0.39, 0.29) is 0 Å². The van der Waals surface area contributed by atoms with Crippen molar-refractivity contribution in [3.63, 3.8) is 0 Å². The summed E-state index contributed by atoms with van der Waals surface area (Å²) in [6, 6.07) is 58.6. The van der Waals surface area contributed by atoms with Crippen LogP contribution in [-0.4, -0.2) is 14.5 Å². The van der Waals surface area contributed by atoms with Gasteiger partial charge in [-0.2, -0.15) is 0 Å². The van der Waals surface area contributed by atoms with Gasteiger partial charge >= 0.3 is 0 Å². The molecule has 8 aromatic rings. The Morgan fingerprint density at radius 2 is 1.00 bits per heavy atom. The fourth-order valence-corrected chi connectivity index (χ4v) is 8.72. The number of hydrogen-bond acceptors (Lipinski definition) is 2. The standard InChI is InChI=1S/C54H43N3/c1-37-31-42(25-26-43(32-37)54-55-50(40-17-7-3-8-18-40)36-51(56-54)41-19-9-4-10-20-41)46-34-44(38-15-5-2-6-16-38)33-45(35-46)39-27-29-47(30-28-39)57-52-23-13-11-21-48(52)49-22-12-14-24-53(49)57/h2-25,27,29,32-37H,26,28,30-31H2,1H3/t37-/m1/s1. The van der Waals surface area contributed by atoms with Crippen molar-refractivity contribution in [1.82, 2.24) is 14.5 Å². The van der Waals surface area contributed by atoms with E-state index in [2.05, 4.69) is 200 Å². The van der Waals surface area contributed by atoms with Crippen LogP contribution in [0.4, 0.5) is 0 Å². The summed E-state index contributed by atoms with van der Waals surface area (Å²) >= 11 is 0. The van der Waals surface area contributed by atoms with Crippen molar-refractivity contribution in [3.8, 4) is 33.6 Å². The third kappa shape index (κ3) is 6.87. The summed E-state index contributed by atoms with van der Waals surface area (Å²) in [5.74, 6) is 1.11. The van der Waals surface area contributed by atoms with Crippen LogP contribution in [0.3, 0.4) is 0 Å². The number of nitrogens with zero attached hydrogens (tertiary/aromatic N) is 3. The van der Waals surface area contributed by atoms with Crippen LogP contribution in [0, 0.1) is 5.92 Å². The molecule has 57 heavy (non-hydrogen) atoms. The molecule has 0 fully saturated rings. The summed E-state index contributed by atoms with van der Waals surface area (Å²) in [5, 5.41) is 2.61. The number of hydrogen-bond donors (Lipinski definition) is 0. The minimum absolute atomic E-state index is 0.312. The monoisotopic (exact) mass is 733 g/mol. The molecule has 10 rings (SSSR count). The molecule has 6 aromatic carbocycles. The smallest absolute Gasteiger partial charge is 0.156 e. The van der Waals surface area contributed by atoms with Gasteiger partial charge in [0, 0.05) is 27.6 Å². The lowest BCUT2D eigenvalue weighted by atomic mass is 9.88. The van der Waals surface area contributed by atoms with E-state index in [4.69, 9.17) is 9.97 Å². The molecule has 1 atom stereocenters. The van der Waals surface area contributed by atoms with Crippen molar-refractivity contribution in [2.24, 2.45) is 5.92 Å². The largest absolute Gasteiger partial charge is 0.313 e. The van der Waals surface area contributed by atoms with Gasteiger partial charge in [0.15, 0.2) is 5.82 Å². The number of allylic oxidation sites excluding steroid dienone is 8. The molecule has 3 heteroatoms. The lowest BCUT2D eigenvalue weighted by molar-refractivity contribution is 0.759. The van der Waals surface area contributed by atoms with Crippen molar-refractivity contribution in [2.75, 3.05) is 0 Å². The van der Waals surface area contributed by atoms with Gasteiger partial charge in [0.1, 0.15) is 0 Å². The summed E-state index contributed by atoms with van der Waals surface area (Å²) in [5.41, 5.74) is 16.9. The topological polar surface area (TPSA) is 30.7 Å². The molecule has 0 amide bonds. The molecule has 0 N–H and O–H groups in total. The summed E-state index contributed by atoms with van der Waals surface area (Å²) in [7, 11) is 0. The van der Waals surface area contributed by atoms with Crippen LogP contribution in [0.5, 0.6) is 0 Å². The van der Waals surface area contributed by atoms with Gasteiger partial charge in [-0.15, -0.1) is 0 Å². The minimum atomic E-state index is 0.312. The van der Waals surface area contributed by atoms with Gasteiger partial charge in [0.05, 0.1) is 22.4 Å². The van der Waals surface area contributed by atoms with Crippen LogP contribution < -0.4 is 0 Å². The Balaban J connectivity index is 1.03. The molecule has 0 spiro atoms. The molecule has 0 saturated heterocycles. The maximum absolute atomic E-state index is 5.19. The van der Waals surface area contributed by atoms with Crippen LogP contribution in [0.25, 0.3) is 77.9 Å². The zero-order valence-corrected chi connectivity index (χ0v) is 32.1. The van der Waals surface area contributed by atoms with E-state index in [9.17, 15) is 0 Å². The van der Waals surface area contributed by atoms with E-state index >= 15 is 0 Å². The second kappa shape index (κ2) is 15.0. The van der Waals surface area contributed by atoms with Gasteiger partial charge in [-0.1, -0.05) is 153 Å². The number of benzene rings is 6. The first-order valence-corrected chi connectivity index (χ1v) is 20.1. The zero-order valence-electron chi connectivity index (χ0n) is 32.1. The summed E-state index contributed by atoms with van der Waals surface area (Å²) in [6.07, 6.45) is 13.2. The molecule has 2 aliphatic rings. The van der Waals surface area contributed by atoms with E-state index in [1.807, 2.05) is 0 Å². The molecule has 274 valence electrons. The van der Waals surface area contributed by atoms with E-state index < -0.39 is 0 Å². The predicted octanol–water partition coefficient (Wildman–Crippen LogP) is 14.2. The molecule has 0 bridgehead atoms. The van der Waals surface area contributed by atoms with E-state index in [0.717, 1.165) is 54.0 Å². The number of para-hydroxylation sites is 2. The third-order valence-corrected chi connectivity index (χ3v) is 11.5. The Hall–Kier alpha value is -6.84. The van der Waals surface area contributed by atoms with Crippen LogP contribution in [0.2, 0.25) is 0 Å². The Labute approximate surface area is 334 Å². The molecule has 0 radical (unpaired) electrons. The summed E-state index contributed by atoms with van der Waals surface area (Å²) in [4.78, 5) is 10.4. The van der Waals surface area contributed by atoms with Crippen molar-refractivity contribution in [3.05, 3.63) is 205 Å². The van der Waals surface area contributed by atoms with Gasteiger partial charge < -0.3 is 4.57 Å². The third-order valence-electron chi connectivity index (χ3n) is 11.5. The second-order valence-electron chi connectivity index (χ2n) is 15.4. The Kier molecular flexibility index (Phi) is 9.12. The van der Waals surface area contributed by atoms with Crippen LogP contribution in [-0.2, 0) is 0 Å². The van der Waals surface area contributed by atoms with Gasteiger partial charge in [0.2, 0.25) is 0 Å². The van der Waals surface area contributed by atoms with Gasteiger partial charge in [-0.3, -0.25) is 0 Å². The van der Waals surface area contributed by atoms with Crippen molar-refractivity contribution >= 4 is 44.2 Å².